The van der Waals surface area contributed by atoms with Gasteiger partial charge in [0.2, 0.25) is 0 Å². The second kappa shape index (κ2) is 5.78. The summed E-state index contributed by atoms with van der Waals surface area (Å²) in [5, 5.41) is 25.3. The Morgan fingerprint density at radius 1 is 1.56 bits per heavy atom. The lowest BCUT2D eigenvalue weighted by atomic mass is 10.0. The van der Waals surface area contributed by atoms with Crippen LogP contribution < -0.4 is 10.6 Å². The lowest BCUT2D eigenvalue weighted by Crippen LogP contribution is -2.43. The molecule has 100 valence electrons. The van der Waals surface area contributed by atoms with Crippen molar-refractivity contribution in [1.29, 1.82) is 0 Å². The Labute approximate surface area is 108 Å². The molecule has 1 aromatic rings. The second-order valence-corrected chi connectivity index (χ2v) is 5.03. The zero-order valence-electron chi connectivity index (χ0n) is 10.1. The van der Waals surface area contributed by atoms with E-state index in [9.17, 15) is 14.7 Å². The van der Waals surface area contributed by atoms with E-state index in [0.717, 1.165) is 5.69 Å². The molecule has 2 amide bonds. The Balaban J connectivity index is 2.39. The van der Waals surface area contributed by atoms with Gasteiger partial charge in [-0.2, -0.15) is 0 Å². The third-order valence-corrected chi connectivity index (χ3v) is 2.88. The number of amides is 2. The minimum Gasteiger partial charge on any atom is -0.481 e. The molecular formula is C10H15N3O4S. The van der Waals surface area contributed by atoms with E-state index >= 15 is 0 Å². The summed E-state index contributed by atoms with van der Waals surface area (Å²) in [5.41, 5.74) is -0.685. The van der Waals surface area contributed by atoms with Crippen molar-refractivity contribution in [2.45, 2.75) is 25.9 Å². The lowest BCUT2D eigenvalue weighted by Gasteiger charge is -2.21. The van der Waals surface area contributed by atoms with Gasteiger partial charge in [0.05, 0.1) is 17.7 Å². The highest BCUT2D eigenvalue weighted by Crippen LogP contribution is 2.14. The molecule has 1 aromatic heterocycles. The Morgan fingerprint density at radius 3 is 2.72 bits per heavy atom. The van der Waals surface area contributed by atoms with Gasteiger partial charge in [0.1, 0.15) is 0 Å². The van der Waals surface area contributed by atoms with Gasteiger partial charge in [0.15, 0.2) is 5.13 Å². The van der Waals surface area contributed by atoms with Gasteiger partial charge in [-0.1, -0.05) is 0 Å². The normalized spacial score (nSPS) is 13.7. The molecule has 0 aliphatic heterocycles. The molecular weight excluding hydrogens is 258 g/mol. The first-order chi connectivity index (χ1) is 8.28. The van der Waals surface area contributed by atoms with E-state index in [2.05, 4.69) is 15.6 Å². The molecule has 18 heavy (non-hydrogen) atoms. The number of aromatic nitrogens is 1. The van der Waals surface area contributed by atoms with Crippen molar-refractivity contribution in [3.8, 4) is 0 Å². The van der Waals surface area contributed by atoms with Gasteiger partial charge >= 0.3 is 12.0 Å². The van der Waals surface area contributed by atoms with Gasteiger partial charge in [-0.15, -0.1) is 11.3 Å². The van der Waals surface area contributed by atoms with Crippen LogP contribution in [0.5, 0.6) is 0 Å². The predicted octanol–water partition coefficient (Wildman–Crippen LogP) is 0.799. The first kappa shape index (κ1) is 14.4. The average molecular weight is 273 g/mol. The maximum absolute atomic E-state index is 11.4. The Morgan fingerprint density at radius 2 is 2.22 bits per heavy atom. The van der Waals surface area contributed by atoms with Gasteiger partial charge in [-0.3, -0.25) is 10.1 Å². The molecule has 1 atom stereocenters. The molecule has 4 N–H and O–H groups in total. The number of hydrogen-bond donors (Lipinski definition) is 4. The minimum absolute atomic E-state index is 0.157. The number of aliphatic hydroxyl groups is 1. The largest absolute Gasteiger partial charge is 0.481 e. The van der Waals surface area contributed by atoms with Crippen molar-refractivity contribution in [3.05, 3.63) is 11.1 Å². The van der Waals surface area contributed by atoms with E-state index in [-0.39, 0.29) is 6.54 Å². The van der Waals surface area contributed by atoms with E-state index in [1.165, 1.54) is 18.3 Å². The Kier molecular flexibility index (Phi) is 4.62. The van der Waals surface area contributed by atoms with E-state index in [0.29, 0.717) is 5.13 Å². The van der Waals surface area contributed by atoms with Gasteiger partial charge in [0, 0.05) is 11.9 Å². The van der Waals surface area contributed by atoms with Crippen LogP contribution in [0, 0.1) is 6.92 Å². The van der Waals surface area contributed by atoms with Crippen LogP contribution in [0.25, 0.3) is 0 Å². The topological polar surface area (TPSA) is 112 Å². The SMILES string of the molecule is Cc1csc(NC(=O)NCC(C)(O)CC(=O)O)n1. The lowest BCUT2D eigenvalue weighted by molar-refractivity contribution is -0.141. The van der Waals surface area contributed by atoms with Gasteiger partial charge in [-0.05, 0) is 13.8 Å². The Hall–Kier alpha value is -1.67. The molecule has 0 aliphatic rings. The second-order valence-electron chi connectivity index (χ2n) is 4.17. The van der Waals surface area contributed by atoms with Crippen LogP contribution in [0.1, 0.15) is 19.0 Å². The number of hydrogen-bond acceptors (Lipinski definition) is 5. The molecule has 0 spiro atoms. The van der Waals surface area contributed by atoms with Crippen LogP contribution in [0.2, 0.25) is 0 Å². The van der Waals surface area contributed by atoms with Crippen molar-refractivity contribution in [2.24, 2.45) is 0 Å². The van der Waals surface area contributed by atoms with E-state index < -0.39 is 24.0 Å². The fraction of sp³-hybridized carbons (Fsp3) is 0.500. The smallest absolute Gasteiger partial charge is 0.321 e. The van der Waals surface area contributed by atoms with Crippen molar-refractivity contribution >= 4 is 28.5 Å². The molecule has 7 nitrogen and oxygen atoms in total. The van der Waals surface area contributed by atoms with Crippen molar-refractivity contribution in [1.82, 2.24) is 10.3 Å². The highest BCUT2D eigenvalue weighted by Gasteiger charge is 2.24. The van der Waals surface area contributed by atoms with Crippen molar-refractivity contribution in [2.75, 3.05) is 11.9 Å². The zero-order chi connectivity index (χ0) is 13.8. The Bertz CT molecular complexity index is 444. The monoisotopic (exact) mass is 273 g/mol. The van der Waals surface area contributed by atoms with E-state index in [1.807, 2.05) is 0 Å². The summed E-state index contributed by atoms with van der Waals surface area (Å²) < 4.78 is 0. The van der Waals surface area contributed by atoms with Crippen molar-refractivity contribution in [3.63, 3.8) is 0 Å². The number of aryl methyl sites for hydroxylation is 1. The predicted molar refractivity (Wildman–Crippen MR) is 66.7 cm³/mol. The third-order valence-electron chi connectivity index (χ3n) is 2.00. The van der Waals surface area contributed by atoms with E-state index in [1.54, 1.807) is 12.3 Å². The number of carboxylic acid groups (broad SMARTS) is 1. The first-order valence-electron chi connectivity index (χ1n) is 5.20. The summed E-state index contributed by atoms with van der Waals surface area (Å²) >= 11 is 1.28. The summed E-state index contributed by atoms with van der Waals surface area (Å²) in [6.07, 6.45) is -0.441. The number of anilines is 1. The van der Waals surface area contributed by atoms with Crippen LogP contribution in [0.3, 0.4) is 0 Å². The van der Waals surface area contributed by atoms with Crippen LogP contribution in [-0.4, -0.2) is 39.3 Å². The molecule has 1 heterocycles. The van der Waals surface area contributed by atoms with Crippen LogP contribution >= 0.6 is 11.3 Å². The molecule has 1 unspecified atom stereocenters. The van der Waals surface area contributed by atoms with Crippen LogP contribution in [0.4, 0.5) is 9.93 Å². The van der Waals surface area contributed by atoms with Gasteiger partial charge < -0.3 is 15.5 Å². The fourth-order valence-electron chi connectivity index (χ4n) is 1.21. The van der Waals surface area contributed by atoms with Crippen molar-refractivity contribution < 1.29 is 19.8 Å². The molecule has 0 radical (unpaired) electrons. The standard InChI is InChI=1S/C10H15N3O4S/c1-6-4-18-9(12-6)13-8(16)11-5-10(2,17)3-7(14)15/h4,17H,3,5H2,1-2H3,(H,14,15)(H2,11,12,13,16). The van der Waals surface area contributed by atoms with Gasteiger partial charge in [0.25, 0.3) is 0 Å². The summed E-state index contributed by atoms with van der Waals surface area (Å²) in [6.45, 7) is 2.99. The molecule has 0 saturated carbocycles. The third kappa shape index (κ3) is 5.11. The number of nitrogens with zero attached hydrogens (tertiary/aromatic N) is 1. The molecule has 8 heteroatoms. The number of thiazole rings is 1. The summed E-state index contributed by atoms with van der Waals surface area (Å²) in [5.74, 6) is -1.13. The quantitative estimate of drug-likeness (QED) is 0.634. The molecule has 0 fully saturated rings. The maximum Gasteiger partial charge on any atom is 0.321 e. The number of carboxylic acids is 1. The fourth-order valence-corrected chi connectivity index (χ4v) is 1.89. The maximum atomic E-state index is 11.4. The number of urea groups is 1. The zero-order valence-corrected chi connectivity index (χ0v) is 10.9. The molecule has 0 aromatic carbocycles. The summed E-state index contributed by atoms with van der Waals surface area (Å²) in [6, 6.07) is -0.532. The minimum atomic E-state index is -1.48. The highest BCUT2D eigenvalue weighted by atomic mass is 32.1. The molecule has 0 aliphatic carbocycles. The number of nitrogens with one attached hydrogen (secondary N) is 2. The summed E-state index contributed by atoms with van der Waals surface area (Å²) in [7, 11) is 0. The molecule has 1 rings (SSSR count). The molecule has 0 bridgehead atoms. The highest BCUT2D eigenvalue weighted by molar-refractivity contribution is 7.13. The molecule has 0 saturated heterocycles. The van der Waals surface area contributed by atoms with E-state index in [4.69, 9.17) is 5.11 Å². The van der Waals surface area contributed by atoms with Crippen LogP contribution in [-0.2, 0) is 4.79 Å². The first-order valence-corrected chi connectivity index (χ1v) is 6.08. The average Bonchev–Trinajstić information content (AvgIpc) is 2.59. The number of carbonyl (C=O) groups excluding carboxylic acids is 1. The van der Waals surface area contributed by atoms with Gasteiger partial charge in [-0.25, -0.2) is 9.78 Å². The number of rotatable bonds is 5. The van der Waals surface area contributed by atoms with Crippen LogP contribution in [0.15, 0.2) is 5.38 Å². The number of aliphatic carboxylic acids is 1. The number of carbonyl (C=O) groups is 2. The summed E-state index contributed by atoms with van der Waals surface area (Å²) in [4.78, 5) is 25.9.